The van der Waals surface area contributed by atoms with Crippen LogP contribution in [0.3, 0.4) is 0 Å². The van der Waals surface area contributed by atoms with E-state index >= 15 is 0 Å². The van der Waals surface area contributed by atoms with Crippen LogP contribution in [-0.2, 0) is 0 Å². The lowest BCUT2D eigenvalue weighted by molar-refractivity contribution is 1.68. The van der Waals surface area contributed by atoms with E-state index in [1.165, 1.54) is 5.46 Å². The Labute approximate surface area is 103 Å². The van der Waals surface area contributed by atoms with Crippen molar-refractivity contribution < 1.29 is 0 Å². The molecular weight excluding hydrogens is 263 g/mol. The number of benzene rings is 2. The van der Waals surface area contributed by atoms with Gasteiger partial charge in [0.2, 0.25) is 0 Å². The van der Waals surface area contributed by atoms with Crippen LogP contribution in [0.2, 0.25) is 0 Å². The monoisotopic (exact) mass is 272 g/mol. The molecule has 0 radical (unpaired) electrons. The Bertz CT molecular complexity index is 488. The molecule has 0 unspecified atom stereocenters. The minimum atomic E-state index is 0.172. The number of rotatable bonds is 1. The lowest BCUT2D eigenvalue weighted by Gasteiger charge is -2.07. The van der Waals surface area contributed by atoms with Crippen molar-refractivity contribution in [1.82, 2.24) is 0 Å². The molecule has 0 saturated heterocycles. The van der Waals surface area contributed by atoms with E-state index < -0.39 is 0 Å². The van der Waals surface area contributed by atoms with Crippen molar-refractivity contribution in [2.45, 2.75) is 0 Å². The quantitative estimate of drug-likeness (QED) is 0.780. The zero-order valence-corrected chi connectivity index (χ0v) is 10.2. The standard InChI is InChI=1S/C12H10BBrN2/c14-10-7-5-9(6-8-10)13-15-11-3-1-2-4-12(11)16-13/h1-8,15-16H. The third kappa shape index (κ3) is 1.69. The minimum Gasteiger partial charge on any atom is -0.404 e. The highest BCUT2D eigenvalue weighted by Crippen LogP contribution is 2.26. The lowest BCUT2D eigenvalue weighted by Crippen LogP contribution is -2.41. The first-order valence-electron chi connectivity index (χ1n) is 5.20. The number of hydrogen-bond acceptors (Lipinski definition) is 2. The van der Waals surface area contributed by atoms with E-state index in [-0.39, 0.29) is 6.98 Å². The van der Waals surface area contributed by atoms with Crippen LogP contribution >= 0.6 is 15.9 Å². The topological polar surface area (TPSA) is 24.1 Å². The van der Waals surface area contributed by atoms with Gasteiger partial charge in [-0.25, -0.2) is 0 Å². The van der Waals surface area contributed by atoms with Crippen LogP contribution in [0.25, 0.3) is 0 Å². The summed E-state index contributed by atoms with van der Waals surface area (Å²) >= 11 is 3.44. The summed E-state index contributed by atoms with van der Waals surface area (Å²) in [6, 6.07) is 16.6. The van der Waals surface area contributed by atoms with Gasteiger partial charge in [-0.3, -0.25) is 0 Å². The van der Waals surface area contributed by atoms with Crippen molar-refractivity contribution >= 4 is 39.8 Å². The van der Waals surface area contributed by atoms with Gasteiger partial charge in [-0.15, -0.1) is 0 Å². The molecule has 3 rings (SSSR count). The van der Waals surface area contributed by atoms with E-state index in [4.69, 9.17) is 0 Å². The van der Waals surface area contributed by atoms with Crippen LogP contribution in [0.15, 0.2) is 53.0 Å². The van der Waals surface area contributed by atoms with Gasteiger partial charge in [0, 0.05) is 15.8 Å². The molecular formula is C12H10BBrN2. The zero-order chi connectivity index (χ0) is 11.0. The van der Waals surface area contributed by atoms with Gasteiger partial charge in [0.05, 0.1) is 0 Å². The maximum atomic E-state index is 3.44. The van der Waals surface area contributed by atoms with Gasteiger partial charge in [-0.1, -0.05) is 40.2 Å². The van der Waals surface area contributed by atoms with Crippen LogP contribution < -0.4 is 15.9 Å². The predicted octanol–water partition coefficient (Wildman–Crippen LogP) is 2.68. The van der Waals surface area contributed by atoms with Crippen molar-refractivity contribution in [3.63, 3.8) is 0 Å². The zero-order valence-electron chi connectivity index (χ0n) is 8.57. The Hall–Kier alpha value is -1.42. The smallest absolute Gasteiger partial charge is 0.404 e. The summed E-state index contributed by atoms with van der Waals surface area (Å²) < 4.78 is 1.10. The fourth-order valence-electron chi connectivity index (χ4n) is 1.90. The highest BCUT2D eigenvalue weighted by molar-refractivity contribution is 9.10. The molecule has 2 aromatic carbocycles. The third-order valence-electron chi connectivity index (χ3n) is 2.73. The lowest BCUT2D eigenvalue weighted by atomic mass is 9.69. The molecule has 0 atom stereocenters. The van der Waals surface area contributed by atoms with Crippen molar-refractivity contribution in [2.24, 2.45) is 0 Å². The van der Waals surface area contributed by atoms with Gasteiger partial charge in [0.1, 0.15) is 0 Å². The molecule has 0 fully saturated rings. The molecule has 0 amide bonds. The van der Waals surface area contributed by atoms with Crippen LogP contribution in [0, 0.1) is 0 Å². The number of hydrogen-bond donors (Lipinski definition) is 2. The highest BCUT2D eigenvalue weighted by Gasteiger charge is 2.25. The van der Waals surface area contributed by atoms with Crippen LogP contribution in [-0.4, -0.2) is 6.98 Å². The Balaban J connectivity index is 1.88. The van der Waals surface area contributed by atoms with E-state index in [1.54, 1.807) is 0 Å². The van der Waals surface area contributed by atoms with Crippen LogP contribution in [0.4, 0.5) is 11.4 Å². The fourth-order valence-corrected chi connectivity index (χ4v) is 2.17. The first-order chi connectivity index (χ1) is 7.83. The molecule has 2 N–H and O–H groups in total. The average molecular weight is 273 g/mol. The Morgan fingerprint density at radius 2 is 1.38 bits per heavy atom. The largest absolute Gasteiger partial charge is 0.406 e. The highest BCUT2D eigenvalue weighted by atomic mass is 79.9. The molecule has 1 aliphatic heterocycles. The molecule has 1 aliphatic rings. The van der Waals surface area contributed by atoms with Gasteiger partial charge in [0.25, 0.3) is 0 Å². The number of para-hydroxylation sites is 2. The third-order valence-corrected chi connectivity index (χ3v) is 3.26. The Morgan fingerprint density at radius 1 is 0.812 bits per heavy atom. The van der Waals surface area contributed by atoms with Gasteiger partial charge in [0.15, 0.2) is 0 Å². The van der Waals surface area contributed by atoms with Crippen molar-refractivity contribution in [1.29, 1.82) is 0 Å². The normalized spacial score (nSPS) is 12.9. The summed E-state index contributed by atoms with van der Waals surface area (Å²) in [6.45, 7) is 0.172. The van der Waals surface area contributed by atoms with Crippen molar-refractivity contribution in [3.05, 3.63) is 53.0 Å². The molecule has 1 heterocycles. The number of fused-ring (bicyclic) bond motifs is 1. The van der Waals surface area contributed by atoms with E-state index in [0.29, 0.717) is 0 Å². The SMILES string of the molecule is Brc1ccc(B2Nc3ccccc3N2)cc1. The van der Waals surface area contributed by atoms with Gasteiger partial charge in [-0.05, 0) is 29.7 Å². The molecule has 0 bridgehead atoms. The van der Waals surface area contributed by atoms with Gasteiger partial charge in [-0.2, -0.15) is 0 Å². The summed E-state index contributed by atoms with van der Waals surface area (Å²) in [5, 5.41) is 6.89. The second kappa shape index (κ2) is 3.87. The molecule has 0 saturated carbocycles. The molecule has 0 spiro atoms. The summed E-state index contributed by atoms with van der Waals surface area (Å²) in [4.78, 5) is 0. The van der Waals surface area contributed by atoms with E-state index in [9.17, 15) is 0 Å². The second-order valence-electron chi connectivity index (χ2n) is 3.82. The van der Waals surface area contributed by atoms with E-state index in [2.05, 4.69) is 62.8 Å². The maximum absolute atomic E-state index is 3.44. The molecule has 4 heteroatoms. The van der Waals surface area contributed by atoms with Crippen LogP contribution in [0.5, 0.6) is 0 Å². The van der Waals surface area contributed by atoms with Crippen molar-refractivity contribution in [2.75, 3.05) is 10.5 Å². The van der Waals surface area contributed by atoms with E-state index in [1.807, 2.05) is 12.1 Å². The number of nitrogens with one attached hydrogen (secondary N) is 2. The average Bonchev–Trinajstić information content (AvgIpc) is 2.73. The molecule has 16 heavy (non-hydrogen) atoms. The summed E-state index contributed by atoms with van der Waals surface area (Å²) in [5.74, 6) is 0. The van der Waals surface area contributed by atoms with Crippen LogP contribution in [0.1, 0.15) is 0 Å². The first kappa shape index (κ1) is 9.79. The van der Waals surface area contributed by atoms with E-state index in [0.717, 1.165) is 15.8 Å². The van der Waals surface area contributed by atoms with Gasteiger partial charge < -0.3 is 10.5 Å². The fraction of sp³-hybridized carbons (Fsp3) is 0. The summed E-state index contributed by atoms with van der Waals surface area (Å²) in [7, 11) is 0. The molecule has 0 aliphatic carbocycles. The Kier molecular flexibility index (Phi) is 2.37. The van der Waals surface area contributed by atoms with Crippen molar-refractivity contribution in [3.8, 4) is 0 Å². The number of halogens is 1. The summed E-state index contributed by atoms with van der Waals surface area (Å²) in [5.41, 5.74) is 3.56. The summed E-state index contributed by atoms with van der Waals surface area (Å²) in [6.07, 6.45) is 0. The first-order valence-corrected chi connectivity index (χ1v) is 6.00. The second-order valence-corrected chi connectivity index (χ2v) is 4.73. The Morgan fingerprint density at radius 3 is 1.94 bits per heavy atom. The molecule has 2 nitrogen and oxygen atoms in total. The van der Waals surface area contributed by atoms with Gasteiger partial charge >= 0.3 is 6.98 Å². The molecule has 2 aromatic rings. The maximum Gasteiger partial charge on any atom is 0.406 e. The minimum absolute atomic E-state index is 0.172. The predicted molar refractivity (Wildman–Crippen MR) is 73.2 cm³/mol. The number of anilines is 2. The molecule has 78 valence electrons. The molecule has 0 aromatic heterocycles.